The van der Waals surface area contributed by atoms with Crippen LogP contribution < -0.4 is 11.3 Å². The lowest BCUT2D eigenvalue weighted by Gasteiger charge is -2.25. The Labute approximate surface area is 121 Å². The van der Waals surface area contributed by atoms with E-state index in [2.05, 4.69) is 54.8 Å². The molecule has 1 aromatic heterocycles. The van der Waals surface area contributed by atoms with Gasteiger partial charge in [0.05, 0.1) is 12.2 Å². The van der Waals surface area contributed by atoms with Crippen LogP contribution >= 0.6 is 0 Å². The van der Waals surface area contributed by atoms with E-state index in [9.17, 15) is 0 Å². The number of hydrazine groups is 1. The molecule has 2 rings (SSSR count). The Bertz CT molecular complexity index is 506. The standard InChI is InChI=1S/C16H24N4/c1-3-10-20-12-14(11-18-20)16(19-17)15(4-2)13-8-6-5-7-9-13/h5-9,11-12,15-16,19H,3-4,10,17H2,1-2H3. The van der Waals surface area contributed by atoms with Gasteiger partial charge in [0.1, 0.15) is 0 Å². The first-order valence-corrected chi connectivity index (χ1v) is 7.33. The number of nitrogens with one attached hydrogen (secondary N) is 1. The molecule has 3 N–H and O–H groups in total. The molecule has 0 aliphatic carbocycles. The lowest BCUT2D eigenvalue weighted by molar-refractivity contribution is 0.444. The molecule has 2 aromatic rings. The maximum atomic E-state index is 5.81. The fraction of sp³-hybridized carbons (Fsp3) is 0.438. The first-order chi connectivity index (χ1) is 9.80. The van der Waals surface area contributed by atoms with Gasteiger partial charge in [0.2, 0.25) is 0 Å². The van der Waals surface area contributed by atoms with Crippen LogP contribution in [0.3, 0.4) is 0 Å². The van der Waals surface area contributed by atoms with Crippen molar-refractivity contribution in [2.75, 3.05) is 0 Å². The van der Waals surface area contributed by atoms with Crippen LogP contribution in [0.15, 0.2) is 42.7 Å². The van der Waals surface area contributed by atoms with Gasteiger partial charge in [-0.15, -0.1) is 0 Å². The van der Waals surface area contributed by atoms with Gasteiger partial charge in [-0.3, -0.25) is 16.0 Å². The average molecular weight is 272 g/mol. The Kier molecular flexibility index (Phi) is 5.32. The molecule has 4 nitrogen and oxygen atoms in total. The van der Waals surface area contributed by atoms with E-state index in [1.54, 1.807) is 0 Å². The summed E-state index contributed by atoms with van der Waals surface area (Å²) < 4.78 is 1.98. The molecule has 0 aliphatic heterocycles. The summed E-state index contributed by atoms with van der Waals surface area (Å²) in [7, 11) is 0. The number of benzene rings is 1. The largest absolute Gasteiger partial charge is 0.272 e. The summed E-state index contributed by atoms with van der Waals surface area (Å²) in [5, 5.41) is 4.41. The average Bonchev–Trinajstić information content (AvgIpc) is 2.94. The minimum atomic E-state index is 0.0907. The predicted octanol–water partition coefficient (Wildman–Crippen LogP) is 2.99. The predicted molar refractivity (Wildman–Crippen MR) is 82.1 cm³/mol. The third-order valence-electron chi connectivity index (χ3n) is 3.71. The number of hydrogen-bond acceptors (Lipinski definition) is 3. The van der Waals surface area contributed by atoms with E-state index in [0.717, 1.165) is 24.9 Å². The first kappa shape index (κ1) is 14.8. The highest BCUT2D eigenvalue weighted by molar-refractivity contribution is 5.25. The highest BCUT2D eigenvalue weighted by Gasteiger charge is 2.23. The van der Waals surface area contributed by atoms with Gasteiger partial charge in [0, 0.05) is 24.2 Å². The molecule has 0 fully saturated rings. The van der Waals surface area contributed by atoms with Crippen molar-refractivity contribution >= 4 is 0 Å². The molecule has 0 amide bonds. The van der Waals surface area contributed by atoms with Crippen LogP contribution in [0.1, 0.15) is 49.8 Å². The number of aryl methyl sites for hydroxylation is 1. The van der Waals surface area contributed by atoms with Crippen molar-refractivity contribution in [3.05, 3.63) is 53.9 Å². The highest BCUT2D eigenvalue weighted by Crippen LogP contribution is 2.32. The highest BCUT2D eigenvalue weighted by atomic mass is 15.3. The van der Waals surface area contributed by atoms with E-state index in [0.29, 0.717) is 5.92 Å². The van der Waals surface area contributed by atoms with Crippen molar-refractivity contribution in [1.82, 2.24) is 15.2 Å². The van der Waals surface area contributed by atoms with Crippen LogP contribution in [-0.2, 0) is 6.54 Å². The Morgan fingerprint density at radius 1 is 1.20 bits per heavy atom. The second kappa shape index (κ2) is 7.22. The van der Waals surface area contributed by atoms with Crippen LogP contribution in [-0.4, -0.2) is 9.78 Å². The number of nitrogens with zero attached hydrogens (tertiary/aromatic N) is 2. The molecule has 20 heavy (non-hydrogen) atoms. The van der Waals surface area contributed by atoms with Crippen molar-refractivity contribution in [3.8, 4) is 0 Å². The molecular formula is C16H24N4. The number of aromatic nitrogens is 2. The molecule has 0 saturated heterocycles. The van der Waals surface area contributed by atoms with Crippen molar-refractivity contribution < 1.29 is 0 Å². The van der Waals surface area contributed by atoms with E-state index < -0.39 is 0 Å². The van der Waals surface area contributed by atoms with Gasteiger partial charge in [0.15, 0.2) is 0 Å². The van der Waals surface area contributed by atoms with Gasteiger partial charge < -0.3 is 0 Å². The van der Waals surface area contributed by atoms with Gasteiger partial charge in [-0.1, -0.05) is 44.2 Å². The molecule has 0 aliphatic rings. The lowest BCUT2D eigenvalue weighted by atomic mass is 9.86. The first-order valence-electron chi connectivity index (χ1n) is 7.33. The monoisotopic (exact) mass is 272 g/mol. The van der Waals surface area contributed by atoms with E-state index in [1.807, 2.05) is 16.9 Å². The fourth-order valence-electron chi connectivity index (χ4n) is 2.70. The second-order valence-corrected chi connectivity index (χ2v) is 5.11. The normalized spacial score (nSPS) is 14.2. The smallest absolute Gasteiger partial charge is 0.0559 e. The number of nitrogens with two attached hydrogens (primary N) is 1. The summed E-state index contributed by atoms with van der Waals surface area (Å²) >= 11 is 0. The molecule has 1 aromatic carbocycles. The quantitative estimate of drug-likeness (QED) is 0.602. The van der Waals surface area contributed by atoms with E-state index in [4.69, 9.17) is 5.84 Å². The van der Waals surface area contributed by atoms with Crippen LogP contribution in [0.4, 0.5) is 0 Å². The van der Waals surface area contributed by atoms with E-state index in [-0.39, 0.29) is 6.04 Å². The summed E-state index contributed by atoms with van der Waals surface area (Å²) in [6.07, 6.45) is 6.13. The van der Waals surface area contributed by atoms with Gasteiger partial charge in [-0.05, 0) is 18.4 Å². The zero-order valence-corrected chi connectivity index (χ0v) is 12.3. The summed E-state index contributed by atoms with van der Waals surface area (Å²) in [4.78, 5) is 0. The maximum Gasteiger partial charge on any atom is 0.0559 e. The minimum Gasteiger partial charge on any atom is -0.272 e. The molecule has 0 spiro atoms. The summed E-state index contributed by atoms with van der Waals surface area (Å²) in [5.74, 6) is 6.16. The van der Waals surface area contributed by atoms with Crippen molar-refractivity contribution in [2.24, 2.45) is 5.84 Å². The van der Waals surface area contributed by atoms with Gasteiger partial charge in [0.25, 0.3) is 0 Å². The molecule has 108 valence electrons. The third-order valence-corrected chi connectivity index (χ3v) is 3.71. The van der Waals surface area contributed by atoms with Gasteiger partial charge in [-0.25, -0.2) is 0 Å². The Hall–Kier alpha value is -1.65. The molecule has 2 unspecified atom stereocenters. The van der Waals surface area contributed by atoms with Crippen LogP contribution in [0, 0.1) is 0 Å². The van der Waals surface area contributed by atoms with Crippen molar-refractivity contribution in [3.63, 3.8) is 0 Å². The number of hydrogen-bond donors (Lipinski definition) is 2. The molecule has 1 heterocycles. The summed E-state index contributed by atoms with van der Waals surface area (Å²) in [6.45, 7) is 5.29. The van der Waals surface area contributed by atoms with E-state index >= 15 is 0 Å². The third kappa shape index (κ3) is 3.26. The fourth-order valence-corrected chi connectivity index (χ4v) is 2.70. The zero-order valence-electron chi connectivity index (χ0n) is 12.3. The Morgan fingerprint density at radius 2 is 1.95 bits per heavy atom. The topological polar surface area (TPSA) is 55.9 Å². The number of rotatable bonds is 7. The second-order valence-electron chi connectivity index (χ2n) is 5.11. The van der Waals surface area contributed by atoms with Crippen LogP contribution in [0.2, 0.25) is 0 Å². The lowest BCUT2D eigenvalue weighted by Crippen LogP contribution is -2.32. The summed E-state index contributed by atoms with van der Waals surface area (Å²) in [5.41, 5.74) is 5.43. The van der Waals surface area contributed by atoms with Gasteiger partial charge in [-0.2, -0.15) is 5.10 Å². The zero-order chi connectivity index (χ0) is 14.4. The molecule has 0 saturated carbocycles. The SMILES string of the molecule is CCCn1cc(C(NN)C(CC)c2ccccc2)cn1. The molecule has 0 bridgehead atoms. The molecule has 4 heteroatoms. The van der Waals surface area contributed by atoms with E-state index in [1.165, 1.54) is 5.56 Å². The van der Waals surface area contributed by atoms with Gasteiger partial charge >= 0.3 is 0 Å². The van der Waals surface area contributed by atoms with Crippen molar-refractivity contribution in [1.29, 1.82) is 0 Å². The molecule has 2 atom stereocenters. The maximum absolute atomic E-state index is 5.81. The van der Waals surface area contributed by atoms with Crippen molar-refractivity contribution in [2.45, 2.75) is 45.2 Å². The van der Waals surface area contributed by atoms with Crippen LogP contribution in [0.25, 0.3) is 0 Å². The Morgan fingerprint density at radius 3 is 2.55 bits per heavy atom. The minimum absolute atomic E-state index is 0.0907. The summed E-state index contributed by atoms with van der Waals surface area (Å²) in [6, 6.07) is 10.6. The molecule has 0 radical (unpaired) electrons. The Balaban J connectivity index is 2.24. The van der Waals surface area contributed by atoms with Crippen LogP contribution in [0.5, 0.6) is 0 Å². The molecular weight excluding hydrogens is 248 g/mol.